The van der Waals surface area contributed by atoms with Gasteiger partial charge in [-0.2, -0.15) is 0 Å². The number of benzene rings is 2. The van der Waals surface area contributed by atoms with Crippen molar-refractivity contribution in [3.63, 3.8) is 0 Å². The second-order valence-electron chi connectivity index (χ2n) is 7.98. The quantitative estimate of drug-likeness (QED) is 0.449. The molecule has 1 aromatic heterocycles. The SMILES string of the molecule is CC(=O)OC(C)(C)C.Cc1onc2c1-c1ccccc1C(c1ccc(Cl)cc1)=NC2. The summed E-state index contributed by atoms with van der Waals surface area (Å²) in [5.74, 6) is 0.604. The lowest BCUT2D eigenvalue weighted by Crippen LogP contribution is -2.21. The normalized spacial score (nSPS) is 12.5. The molecule has 0 spiro atoms. The van der Waals surface area contributed by atoms with E-state index in [1.165, 1.54) is 6.92 Å². The van der Waals surface area contributed by atoms with Crippen LogP contribution in [0.1, 0.15) is 50.3 Å². The first-order valence-corrected chi connectivity index (χ1v) is 10.1. The highest BCUT2D eigenvalue weighted by atomic mass is 35.5. The molecule has 0 amide bonds. The Morgan fingerprint density at radius 3 is 2.27 bits per heavy atom. The topological polar surface area (TPSA) is 64.7 Å². The van der Waals surface area contributed by atoms with Crippen molar-refractivity contribution >= 4 is 23.3 Å². The molecule has 0 bridgehead atoms. The van der Waals surface area contributed by atoms with Gasteiger partial charge in [-0.15, -0.1) is 0 Å². The van der Waals surface area contributed by atoms with E-state index in [-0.39, 0.29) is 11.6 Å². The van der Waals surface area contributed by atoms with E-state index in [1.807, 2.05) is 64.1 Å². The molecule has 2 aromatic carbocycles. The molecule has 3 aromatic rings. The fraction of sp³-hybridized carbons (Fsp3) is 0.292. The zero-order valence-electron chi connectivity index (χ0n) is 17.8. The number of fused-ring (bicyclic) bond motifs is 3. The average Bonchev–Trinajstić information content (AvgIpc) is 2.93. The molecule has 4 rings (SSSR count). The van der Waals surface area contributed by atoms with Crippen LogP contribution in [0.2, 0.25) is 5.02 Å². The number of halogens is 1. The summed E-state index contributed by atoms with van der Waals surface area (Å²) in [5, 5.41) is 4.88. The Kier molecular flexibility index (Phi) is 6.42. The summed E-state index contributed by atoms with van der Waals surface area (Å²) in [6, 6.07) is 16.0. The van der Waals surface area contributed by atoms with Gasteiger partial charge in [0, 0.05) is 23.1 Å². The third-order valence-electron chi connectivity index (χ3n) is 4.34. The molecule has 30 heavy (non-hydrogen) atoms. The van der Waals surface area contributed by atoms with Gasteiger partial charge in [0.15, 0.2) is 0 Å². The van der Waals surface area contributed by atoms with E-state index < -0.39 is 0 Å². The van der Waals surface area contributed by atoms with Gasteiger partial charge in [0.25, 0.3) is 0 Å². The Morgan fingerprint density at radius 1 is 1.07 bits per heavy atom. The van der Waals surface area contributed by atoms with Crippen LogP contribution in [-0.4, -0.2) is 22.4 Å². The molecule has 0 aliphatic carbocycles. The molecule has 0 saturated heterocycles. The first-order valence-electron chi connectivity index (χ1n) is 9.70. The lowest BCUT2D eigenvalue weighted by Gasteiger charge is -2.17. The molecule has 2 heterocycles. The number of nitrogens with zero attached hydrogens (tertiary/aromatic N) is 2. The van der Waals surface area contributed by atoms with Crippen molar-refractivity contribution in [2.75, 3.05) is 0 Å². The number of carbonyl (C=O) groups is 1. The van der Waals surface area contributed by atoms with Gasteiger partial charge in [-0.3, -0.25) is 9.79 Å². The van der Waals surface area contributed by atoms with E-state index in [9.17, 15) is 4.79 Å². The summed E-state index contributed by atoms with van der Waals surface area (Å²) in [6.45, 7) is 9.39. The number of aliphatic imine (C=N–C) groups is 1. The number of hydrogen-bond donors (Lipinski definition) is 0. The molecule has 5 nitrogen and oxygen atoms in total. The average molecular weight is 425 g/mol. The third kappa shape index (κ3) is 5.16. The molecule has 0 radical (unpaired) electrons. The maximum absolute atomic E-state index is 10.2. The smallest absolute Gasteiger partial charge is 0.303 e. The number of ether oxygens (including phenoxy) is 1. The van der Waals surface area contributed by atoms with Crippen LogP contribution in [0.5, 0.6) is 0 Å². The molecule has 6 heteroatoms. The number of carbonyl (C=O) groups excluding carboxylic acids is 1. The highest BCUT2D eigenvalue weighted by molar-refractivity contribution is 6.30. The fourth-order valence-corrected chi connectivity index (χ4v) is 3.43. The Hall–Kier alpha value is -2.92. The zero-order valence-corrected chi connectivity index (χ0v) is 18.6. The monoisotopic (exact) mass is 424 g/mol. The van der Waals surface area contributed by atoms with Gasteiger partial charge in [0.2, 0.25) is 0 Å². The zero-order chi connectivity index (χ0) is 21.9. The molecule has 0 saturated carbocycles. The third-order valence-corrected chi connectivity index (χ3v) is 4.59. The maximum Gasteiger partial charge on any atom is 0.303 e. The predicted octanol–water partition coefficient (Wildman–Crippen LogP) is 6.00. The van der Waals surface area contributed by atoms with Gasteiger partial charge >= 0.3 is 5.97 Å². The van der Waals surface area contributed by atoms with Crippen molar-refractivity contribution in [2.45, 2.75) is 46.8 Å². The minimum Gasteiger partial charge on any atom is -0.460 e. The Bertz CT molecular complexity index is 1080. The van der Waals surface area contributed by atoms with Crippen molar-refractivity contribution in [1.29, 1.82) is 0 Å². The second-order valence-corrected chi connectivity index (χ2v) is 8.42. The van der Waals surface area contributed by atoms with Crippen LogP contribution in [0.15, 0.2) is 58.0 Å². The van der Waals surface area contributed by atoms with Crippen LogP contribution in [0.4, 0.5) is 0 Å². The maximum atomic E-state index is 10.2. The van der Waals surface area contributed by atoms with Crippen LogP contribution in [0.3, 0.4) is 0 Å². The molecular weight excluding hydrogens is 400 g/mol. The minimum absolute atomic E-state index is 0.225. The summed E-state index contributed by atoms with van der Waals surface area (Å²) in [4.78, 5) is 15.0. The number of aryl methyl sites for hydroxylation is 1. The Labute approximate surface area is 181 Å². The van der Waals surface area contributed by atoms with E-state index >= 15 is 0 Å². The first kappa shape index (κ1) is 21.8. The number of hydrogen-bond acceptors (Lipinski definition) is 5. The molecule has 0 unspecified atom stereocenters. The van der Waals surface area contributed by atoms with Gasteiger partial charge in [-0.25, -0.2) is 0 Å². The molecule has 0 fully saturated rings. The lowest BCUT2D eigenvalue weighted by atomic mass is 9.93. The summed E-state index contributed by atoms with van der Waals surface area (Å²) >= 11 is 6.00. The second kappa shape index (κ2) is 8.84. The van der Waals surface area contributed by atoms with Crippen LogP contribution >= 0.6 is 11.6 Å². The highest BCUT2D eigenvalue weighted by Crippen LogP contribution is 2.34. The predicted molar refractivity (Wildman–Crippen MR) is 119 cm³/mol. The molecule has 0 N–H and O–H groups in total. The fourth-order valence-electron chi connectivity index (χ4n) is 3.30. The molecular formula is C24H25ClN2O3. The van der Waals surface area contributed by atoms with Crippen molar-refractivity contribution in [3.8, 4) is 11.1 Å². The van der Waals surface area contributed by atoms with E-state index in [1.54, 1.807) is 0 Å². The minimum atomic E-state index is -0.328. The lowest BCUT2D eigenvalue weighted by molar-refractivity contribution is -0.151. The highest BCUT2D eigenvalue weighted by Gasteiger charge is 2.23. The van der Waals surface area contributed by atoms with Gasteiger partial charge in [0.1, 0.15) is 17.1 Å². The van der Waals surface area contributed by atoms with Crippen molar-refractivity contribution in [1.82, 2.24) is 5.16 Å². The molecule has 1 aliphatic rings. The van der Waals surface area contributed by atoms with E-state index in [0.29, 0.717) is 6.54 Å². The van der Waals surface area contributed by atoms with Crippen molar-refractivity contribution in [3.05, 3.63) is 76.1 Å². The van der Waals surface area contributed by atoms with Crippen LogP contribution in [-0.2, 0) is 16.1 Å². The van der Waals surface area contributed by atoms with Crippen LogP contribution in [0, 0.1) is 6.92 Å². The van der Waals surface area contributed by atoms with Crippen LogP contribution in [0.25, 0.3) is 11.1 Å². The summed E-state index contributed by atoms with van der Waals surface area (Å²) in [6.07, 6.45) is 0. The van der Waals surface area contributed by atoms with Crippen LogP contribution < -0.4 is 0 Å². The number of rotatable bonds is 1. The number of aromatic nitrogens is 1. The van der Waals surface area contributed by atoms with Gasteiger partial charge < -0.3 is 9.26 Å². The summed E-state index contributed by atoms with van der Waals surface area (Å²) in [5.41, 5.74) is 5.84. The molecule has 0 atom stereocenters. The van der Waals surface area contributed by atoms with E-state index in [4.69, 9.17) is 25.9 Å². The largest absolute Gasteiger partial charge is 0.460 e. The van der Waals surface area contributed by atoms with Crippen molar-refractivity contribution < 1.29 is 14.1 Å². The van der Waals surface area contributed by atoms with Crippen molar-refractivity contribution in [2.24, 2.45) is 4.99 Å². The van der Waals surface area contributed by atoms with Gasteiger partial charge in [-0.05, 0) is 45.4 Å². The van der Waals surface area contributed by atoms with E-state index in [2.05, 4.69) is 17.3 Å². The Morgan fingerprint density at radius 2 is 1.70 bits per heavy atom. The van der Waals surface area contributed by atoms with Gasteiger partial charge in [-0.1, -0.05) is 53.2 Å². The van der Waals surface area contributed by atoms with Gasteiger partial charge in [0.05, 0.1) is 17.8 Å². The Balaban J connectivity index is 0.000000275. The summed E-state index contributed by atoms with van der Waals surface area (Å²) < 4.78 is 10.1. The molecule has 156 valence electrons. The first-order chi connectivity index (χ1) is 14.2. The standard InChI is InChI=1S/C18H13ClN2O.C6H12O2/c1-11-17-14-4-2-3-5-15(14)18(20-10-16(17)21-22-11)12-6-8-13(19)9-7-12;1-5(7)8-6(2,3)4/h2-9H,10H2,1H3;1-4H3. The van der Waals surface area contributed by atoms with E-state index in [0.717, 1.165) is 44.4 Å². The molecule has 1 aliphatic heterocycles. The summed E-state index contributed by atoms with van der Waals surface area (Å²) in [7, 11) is 0. The number of esters is 1.